The smallest absolute Gasteiger partial charge is 0.326 e. The summed E-state index contributed by atoms with van der Waals surface area (Å²) in [5.41, 5.74) is 7.80. The molecule has 0 unspecified atom stereocenters. The Morgan fingerprint density at radius 2 is 1.75 bits per heavy atom. The highest BCUT2D eigenvalue weighted by Crippen LogP contribution is 2.15. The molecular formula is C15H16FN3O. The maximum atomic E-state index is 12.8. The molecule has 0 fully saturated rings. The van der Waals surface area contributed by atoms with E-state index in [1.807, 2.05) is 12.1 Å². The second-order valence-corrected chi connectivity index (χ2v) is 4.37. The third kappa shape index (κ3) is 3.33. The Balaban J connectivity index is 2.05. The largest absolute Gasteiger partial charge is 0.326 e. The third-order valence-corrected chi connectivity index (χ3v) is 2.96. The first-order valence-corrected chi connectivity index (χ1v) is 6.19. The van der Waals surface area contributed by atoms with E-state index in [4.69, 9.17) is 5.73 Å². The average molecular weight is 273 g/mol. The Hall–Kier alpha value is -2.40. The SMILES string of the molecule is CN(C(=O)Nc1ccc(CN)cc1)c1ccc(F)cc1. The molecule has 2 amide bonds. The Morgan fingerprint density at radius 1 is 1.15 bits per heavy atom. The van der Waals surface area contributed by atoms with E-state index in [-0.39, 0.29) is 11.8 Å². The minimum atomic E-state index is -0.333. The van der Waals surface area contributed by atoms with Gasteiger partial charge in [-0.15, -0.1) is 0 Å². The zero-order chi connectivity index (χ0) is 14.5. The van der Waals surface area contributed by atoms with Crippen LogP contribution in [-0.2, 0) is 6.54 Å². The fraction of sp³-hybridized carbons (Fsp3) is 0.133. The lowest BCUT2D eigenvalue weighted by molar-refractivity contribution is 0.258. The number of urea groups is 1. The summed E-state index contributed by atoms with van der Waals surface area (Å²) in [6.07, 6.45) is 0. The third-order valence-electron chi connectivity index (χ3n) is 2.96. The Bertz CT molecular complexity index is 581. The number of anilines is 2. The van der Waals surface area contributed by atoms with Crippen molar-refractivity contribution in [1.82, 2.24) is 0 Å². The molecule has 0 atom stereocenters. The fourth-order valence-electron chi connectivity index (χ4n) is 1.71. The molecule has 0 aliphatic rings. The second-order valence-electron chi connectivity index (χ2n) is 4.37. The minimum absolute atomic E-state index is 0.294. The summed E-state index contributed by atoms with van der Waals surface area (Å²) >= 11 is 0. The first-order chi connectivity index (χ1) is 9.60. The number of nitrogens with zero attached hydrogens (tertiary/aromatic N) is 1. The number of nitrogens with one attached hydrogen (secondary N) is 1. The van der Waals surface area contributed by atoms with Crippen LogP contribution in [0.15, 0.2) is 48.5 Å². The van der Waals surface area contributed by atoms with Crippen LogP contribution >= 0.6 is 0 Å². The summed E-state index contributed by atoms with van der Waals surface area (Å²) in [5.74, 6) is -0.333. The molecule has 0 spiro atoms. The van der Waals surface area contributed by atoms with Gasteiger partial charge < -0.3 is 11.1 Å². The van der Waals surface area contributed by atoms with Crippen LogP contribution in [-0.4, -0.2) is 13.1 Å². The fourth-order valence-corrected chi connectivity index (χ4v) is 1.71. The number of carbonyl (C=O) groups excluding carboxylic acids is 1. The van der Waals surface area contributed by atoms with E-state index in [0.29, 0.717) is 17.9 Å². The first kappa shape index (κ1) is 14.0. The van der Waals surface area contributed by atoms with Gasteiger partial charge in [-0.25, -0.2) is 9.18 Å². The molecule has 0 aliphatic heterocycles. The van der Waals surface area contributed by atoms with Gasteiger partial charge in [0.05, 0.1) is 0 Å². The molecule has 0 aromatic heterocycles. The standard InChI is InChI=1S/C15H16FN3O/c1-19(14-8-4-12(16)5-9-14)15(20)18-13-6-2-11(10-17)3-7-13/h2-9H,10,17H2,1H3,(H,18,20). The maximum absolute atomic E-state index is 12.8. The molecule has 20 heavy (non-hydrogen) atoms. The van der Waals surface area contributed by atoms with Crippen molar-refractivity contribution in [3.05, 3.63) is 59.9 Å². The quantitative estimate of drug-likeness (QED) is 0.903. The molecule has 5 heteroatoms. The van der Waals surface area contributed by atoms with E-state index in [2.05, 4.69) is 5.32 Å². The summed E-state index contributed by atoms with van der Waals surface area (Å²) in [4.78, 5) is 13.5. The van der Waals surface area contributed by atoms with E-state index in [1.54, 1.807) is 31.3 Å². The van der Waals surface area contributed by atoms with Crippen molar-refractivity contribution in [2.75, 3.05) is 17.3 Å². The van der Waals surface area contributed by atoms with E-state index < -0.39 is 0 Å². The van der Waals surface area contributed by atoms with E-state index in [0.717, 1.165) is 5.56 Å². The summed E-state index contributed by atoms with van der Waals surface area (Å²) in [6.45, 7) is 0.462. The van der Waals surface area contributed by atoms with Gasteiger partial charge in [0.2, 0.25) is 0 Å². The molecule has 104 valence electrons. The minimum Gasteiger partial charge on any atom is -0.326 e. The molecule has 3 N–H and O–H groups in total. The van der Waals surface area contributed by atoms with Crippen molar-refractivity contribution in [3.8, 4) is 0 Å². The molecule has 2 rings (SSSR count). The van der Waals surface area contributed by atoms with Crippen molar-refractivity contribution in [1.29, 1.82) is 0 Å². The maximum Gasteiger partial charge on any atom is 0.326 e. The number of amides is 2. The number of hydrogen-bond acceptors (Lipinski definition) is 2. The molecule has 0 radical (unpaired) electrons. The molecule has 0 aliphatic carbocycles. The van der Waals surface area contributed by atoms with Gasteiger partial charge in [0.25, 0.3) is 0 Å². The predicted molar refractivity (Wildman–Crippen MR) is 78.2 cm³/mol. The summed E-state index contributed by atoms with van der Waals surface area (Å²) in [5, 5.41) is 2.76. The van der Waals surface area contributed by atoms with Gasteiger partial charge in [-0.3, -0.25) is 4.90 Å². The molecule has 0 saturated carbocycles. The second kappa shape index (κ2) is 6.16. The molecule has 0 bridgehead atoms. The lowest BCUT2D eigenvalue weighted by Gasteiger charge is -2.18. The molecule has 0 heterocycles. The molecule has 2 aromatic rings. The van der Waals surface area contributed by atoms with Crippen LogP contribution < -0.4 is 16.0 Å². The zero-order valence-electron chi connectivity index (χ0n) is 11.1. The topological polar surface area (TPSA) is 58.4 Å². The van der Waals surface area contributed by atoms with E-state index in [9.17, 15) is 9.18 Å². The van der Waals surface area contributed by atoms with Gasteiger partial charge in [0.1, 0.15) is 5.82 Å². The highest BCUT2D eigenvalue weighted by atomic mass is 19.1. The summed E-state index contributed by atoms with van der Waals surface area (Å²) in [6, 6.07) is 12.7. The zero-order valence-corrected chi connectivity index (χ0v) is 11.1. The Labute approximate surface area is 117 Å². The Kier molecular flexibility index (Phi) is 4.32. The van der Waals surface area contributed by atoms with Crippen LogP contribution in [0.4, 0.5) is 20.6 Å². The van der Waals surface area contributed by atoms with Gasteiger partial charge in [0.15, 0.2) is 0 Å². The monoisotopic (exact) mass is 273 g/mol. The summed E-state index contributed by atoms with van der Waals surface area (Å²) < 4.78 is 12.8. The number of carbonyl (C=O) groups is 1. The van der Waals surface area contributed by atoms with Gasteiger partial charge in [-0.1, -0.05) is 12.1 Å². The van der Waals surface area contributed by atoms with Crippen molar-refractivity contribution in [3.63, 3.8) is 0 Å². The lowest BCUT2D eigenvalue weighted by atomic mass is 10.2. The number of benzene rings is 2. The van der Waals surface area contributed by atoms with Crippen LogP contribution in [0.5, 0.6) is 0 Å². The predicted octanol–water partition coefficient (Wildman–Crippen LogP) is 2.95. The van der Waals surface area contributed by atoms with Crippen molar-refractivity contribution in [2.24, 2.45) is 5.73 Å². The normalized spacial score (nSPS) is 10.2. The van der Waals surface area contributed by atoms with Crippen molar-refractivity contribution in [2.45, 2.75) is 6.54 Å². The lowest BCUT2D eigenvalue weighted by Crippen LogP contribution is -2.31. The molecule has 0 saturated heterocycles. The molecule has 2 aromatic carbocycles. The van der Waals surface area contributed by atoms with E-state index >= 15 is 0 Å². The van der Waals surface area contributed by atoms with Crippen LogP contribution in [0, 0.1) is 5.82 Å². The van der Waals surface area contributed by atoms with Gasteiger partial charge in [-0.05, 0) is 42.0 Å². The van der Waals surface area contributed by atoms with Gasteiger partial charge >= 0.3 is 6.03 Å². The molecule has 4 nitrogen and oxygen atoms in total. The van der Waals surface area contributed by atoms with Gasteiger partial charge in [0, 0.05) is 25.0 Å². The molecular weight excluding hydrogens is 257 g/mol. The average Bonchev–Trinajstić information content (AvgIpc) is 2.48. The van der Waals surface area contributed by atoms with Crippen molar-refractivity contribution >= 4 is 17.4 Å². The van der Waals surface area contributed by atoms with Gasteiger partial charge in [-0.2, -0.15) is 0 Å². The van der Waals surface area contributed by atoms with Crippen LogP contribution in [0.3, 0.4) is 0 Å². The summed E-state index contributed by atoms with van der Waals surface area (Å²) in [7, 11) is 1.62. The number of rotatable bonds is 3. The first-order valence-electron chi connectivity index (χ1n) is 6.19. The highest BCUT2D eigenvalue weighted by Gasteiger charge is 2.10. The van der Waals surface area contributed by atoms with E-state index in [1.165, 1.54) is 17.0 Å². The number of nitrogens with two attached hydrogens (primary N) is 1. The Morgan fingerprint density at radius 3 is 2.30 bits per heavy atom. The van der Waals surface area contributed by atoms with Crippen LogP contribution in [0.25, 0.3) is 0 Å². The van der Waals surface area contributed by atoms with Crippen LogP contribution in [0.1, 0.15) is 5.56 Å². The number of halogens is 1. The van der Waals surface area contributed by atoms with Crippen molar-refractivity contribution < 1.29 is 9.18 Å². The number of hydrogen-bond donors (Lipinski definition) is 2. The highest BCUT2D eigenvalue weighted by molar-refractivity contribution is 6.01. The van der Waals surface area contributed by atoms with Crippen LogP contribution in [0.2, 0.25) is 0 Å².